The van der Waals surface area contributed by atoms with Gasteiger partial charge in [-0.2, -0.15) is 0 Å². The molecule has 2 aliphatic heterocycles. The number of carbonyl (C=O) groups is 1. The van der Waals surface area contributed by atoms with Crippen LogP contribution >= 0.6 is 11.6 Å². The number of anilines is 1. The van der Waals surface area contributed by atoms with Crippen LogP contribution < -0.4 is 4.90 Å². The van der Waals surface area contributed by atoms with Crippen molar-refractivity contribution in [1.82, 2.24) is 14.8 Å². The number of ether oxygens (including phenoxy) is 1. The lowest BCUT2D eigenvalue weighted by atomic mass is 9.91. The number of amides is 1. The molecule has 1 aromatic carbocycles. The Morgan fingerprint density at radius 1 is 1.05 bits per heavy atom. The number of nitrogens with zero attached hydrogens (tertiary/aromatic N) is 4. The van der Waals surface area contributed by atoms with E-state index in [9.17, 15) is 4.79 Å². The Bertz CT molecular complexity index is 1000. The third kappa shape index (κ3) is 7.61. The fraction of sp³-hybridized carbons (Fsp3) is 0.600. The highest BCUT2D eigenvalue weighted by molar-refractivity contribution is 6.30. The molecule has 1 amide bonds. The van der Waals surface area contributed by atoms with Crippen molar-refractivity contribution in [3.63, 3.8) is 0 Å². The molecule has 37 heavy (non-hydrogen) atoms. The molecule has 0 bridgehead atoms. The number of piperazine rings is 1. The number of halogens is 1. The number of hydrogen-bond donors (Lipinski definition) is 0. The first-order valence-electron chi connectivity index (χ1n) is 13.7. The van der Waals surface area contributed by atoms with Gasteiger partial charge in [0, 0.05) is 55.5 Å². The standard InChI is InChI=1S/C30H43ClN4O2/c1-22(2)18-26-20-34(25-13-16-33(17-14-25)28-8-6-7-15-32-28)27(19-23-9-11-24(31)12-10-23)21-35(26)29(36)37-30(3,4)5/h6-12,15,22,25-27H,13-14,16-21H2,1-5H3/t26-,27-/m0/s1. The highest BCUT2D eigenvalue weighted by Gasteiger charge is 2.41. The van der Waals surface area contributed by atoms with E-state index in [2.05, 4.69) is 52.9 Å². The summed E-state index contributed by atoms with van der Waals surface area (Å²) in [6.45, 7) is 13.9. The molecule has 1 aromatic heterocycles. The lowest BCUT2D eigenvalue weighted by Crippen LogP contribution is -2.64. The van der Waals surface area contributed by atoms with Gasteiger partial charge < -0.3 is 14.5 Å². The highest BCUT2D eigenvalue weighted by Crippen LogP contribution is 2.30. The molecule has 2 aromatic rings. The summed E-state index contributed by atoms with van der Waals surface area (Å²) < 4.78 is 5.88. The summed E-state index contributed by atoms with van der Waals surface area (Å²) in [5.41, 5.74) is 0.734. The average molecular weight is 527 g/mol. The van der Waals surface area contributed by atoms with Crippen LogP contribution in [-0.4, -0.2) is 70.8 Å². The second-order valence-corrected chi connectivity index (χ2v) is 12.4. The molecule has 0 N–H and O–H groups in total. The monoisotopic (exact) mass is 526 g/mol. The number of pyridine rings is 1. The van der Waals surface area contributed by atoms with E-state index in [1.54, 1.807) is 0 Å². The summed E-state index contributed by atoms with van der Waals surface area (Å²) in [5.74, 6) is 1.56. The van der Waals surface area contributed by atoms with Crippen molar-refractivity contribution in [2.24, 2.45) is 5.92 Å². The van der Waals surface area contributed by atoms with E-state index in [1.165, 1.54) is 5.56 Å². The van der Waals surface area contributed by atoms with Gasteiger partial charge in [-0.25, -0.2) is 9.78 Å². The lowest BCUT2D eigenvalue weighted by molar-refractivity contribution is -0.0335. The summed E-state index contributed by atoms with van der Waals surface area (Å²) in [4.78, 5) is 25.1. The van der Waals surface area contributed by atoms with Crippen molar-refractivity contribution in [2.45, 2.75) is 84.0 Å². The Kier molecular flexibility index (Phi) is 9.02. The molecule has 0 spiro atoms. The predicted molar refractivity (Wildman–Crippen MR) is 151 cm³/mol. The van der Waals surface area contributed by atoms with Crippen molar-refractivity contribution < 1.29 is 9.53 Å². The second-order valence-electron chi connectivity index (χ2n) is 12.0. The van der Waals surface area contributed by atoms with Gasteiger partial charge in [0.05, 0.1) is 0 Å². The van der Waals surface area contributed by atoms with Gasteiger partial charge in [0.1, 0.15) is 11.4 Å². The Labute approximate surface area is 227 Å². The van der Waals surface area contributed by atoms with E-state index >= 15 is 0 Å². The first-order chi connectivity index (χ1) is 17.6. The zero-order valence-corrected chi connectivity index (χ0v) is 23.8. The molecular formula is C30H43ClN4O2. The van der Waals surface area contributed by atoms with E-state index in [1.807, 2.05) is 50.1 Å². The van der Waals surface area contributed by atoms with Crippen LogP contribution in [0.4, 0.5) is 10.6 Å². The molecule has 2 aliphatic rings. The van der Waals surface area contributed by atoms with Gasteiger partial charge in [0.25, 0.3) is 0 Å². The molecule has 2 saturated heterocycles. The van der Waals surface area contributed by atoms with Crippen molar-refractivity contribution in [3.8, 4) is 0 Å². The Morgan fingerprint density at radius 2 is 1.76 bits per heavy atom. The maximum atomic E-state index is 13.4. The van der Waals surface area contributed by atoms with Gasteiger partial charge in [-0.15, -0.1) is 0 Å². The van der Waals surface area contributed by atoms with Crippen LogP contribution in [0.25, 0.3) is 0 Å². The first-order valence-corrected chi connectivity index (χ1v) is 14.1. The Morgan fingerprint density at radius 3 is 2.35 bits per heavy atom. The van der Waals surface area contributed by atoms with Crippen LogP contribution in [0.1, 0.15) is 59.4 Å². The number of aromatic nitrogens is 1. The molecule has 0 radical (unpaired) electrons. The zero-order chi connectivity index (χ0) is 26.6. The number of piperidine rings is 1. The molecule has 202 valence electrons. The summed E-state index contributed by atoms with van der Waals surface area (Å²) in [6.07, 6.45) is 5.71. The summed E-state index contributed by atoms with van der Waals surface area (Å²) >= 11 is 6.17. The Balaban J connectivity index is 1.55. The molecule has 0 saturated carbocycles. The maximum Gasteiger partial charge on any atom is 0.410 e. The van der Waals surface area contributed by atoms with Gasteiger partial charge in [-0.3, -0.25) is 4.90 Å². The largest absolute Gasteiger partial charge is 0.444 e. The minimum Gasteiger partial charge on any atom is -0.444 e. The van der Waals surface area contributed by atoms with Crippen molar-refractivity contribution >= 4 is 23.5 Å². The van der Waals surface area contributed by atoms with Crippen LogP contribution in [0.15, 0.2) is 48.7 Å². The highest BCUT2D eigenvalue weighted by atomic mass is 35.5. The van der Waals surface area contributed by atoms with E-state index in [0.717, 1.165) is 56.2 Å². The van der Waals surface area contributed by atoms with Gasteiger partial charge in [0.15, 0.2) is 0 Å². The molecule has 4 rings (SSSR count). The van der Waals surface area contributed by atoms with Crippen LogP contribution in [-0.2, 0) is 11.2 Å². The fourth-order valence-corrected chi connectivity index (χ4v) is 5.88. The lowest BCUT2D eigenvalue weighted by Gasteiger charge is -2.51. The SMILES string of the molecule is CC(C)C[C@H]1CN(C2CCN(c3ccccn3)CC2)[C@@H](Cc2ccc(Cl)cc2)CN1C(=O)OC(C)(C)C. The minimum atomic E-state index is -0.513. The molecule has 0 unspecified atom stereocenters. The van der Waals surface area contributed by atoms with Crippen LogP contribution in [0.2, 0.25) is 5.02 Å². The first kappa shape index (κ1) is 27.7. The predicted octanol–water partition coefficient (Wildman–Crippen LogP) is 6.28. The number of benzene rings is 1. The maximum absolute atomic E-state index is 13.4. The van der Waals surface area contributed by atoms with Crippen molar-refractivity contribution in [1.29, 1.82) is 0 Å². The van der Waals surface area contributed by atoms with Crippen LogP contribution in [0.3, 0.4) is 0 Å². The minimum absolute atomic E-state index is 0.144. The molecule has 3 heterocycles. The van der Waals surface area contributed by atoms with Gasteiger partial charge in [-0.1, -0.05) is 43.6 Å². The topological polar surface area (TPSA) is 48.9 Å². The van der Waals surface area contributed by atoms with Gasteiger partial charge in [-0.05, 0) is 82.2 Å². The van der Waals surface area contributed by atoms with Crippen molar-refractivity contribution in [2.75, 3.05) is 31.1 Å². The quantitative estimate of drug-likeness (QED) is 0.443. The Hall–Kier alpha value is -2.31. The van der Waals surface area contributed by atoms with Crippen LogP contribution in [0, 0.1) is 5.92 Å². The average Bonchev–Trinajstić information content (AvgIpc) is 2.85. The summed E-state index contributed by atoms with van der Waals surface area (Å²) in [7, 11) is 0. The number of hydrogen-bond acceptors (Lipinski definition) is 5. The fourth-order valence-electron chi connectivity index (χ4n) is 5.75. The molecule has 7 heteroatoms. The van der Waals surface area contributed by atoms with Gasteiger partial charge >= 0.3 is 6.09 Å². The third-order valence-corrected chi connectivity index (χ3v) is 7.65. The van der Waals surface area contributed by atoms with E-state index in [0.29, 0.717) is 18.5 Å². The smallest absolute Gasteiger partial charge is 0.410 e. The van der Waals surface area contributed by atoms with Crippen LogP contribution in [0.5, 0.6) is 0 Å². The van der Waals surface area contributed by atoms with E-state index < -0.39 is 5.60 Å². The molecular weight excluding hydrogens is 484 g/mol. The number of rotatable bonds is 6. The van der Waals surface area contributed by atoms with Gasteiger partial charge in [0.2, 0.25) is 0 Å². The molecule has 6 nitrogen and oxygen atoms in total. The molecule has 0 aliphatic carbocycles. The molecule has 2 atom stereocenters. The van der Waals surface area contributed by atoms with E-state index in [-0.39, 0.29) is 18.2 Å². The molecule has 2 fully saturated rings. The normalized spacial score (nSPS) is 21.9. The summed E-state index contributed by atoms with van der Waals surface area (Å²) in [6, 6.07) is 15.1. The van der Waals surface area contributed by atoms with Crippen molar-refractivity contribution in [3.05, 3.63) is 59.2 Å². The summed E-state index contributed by atoms with van der Waals surface area (Å²) in [5, 5.41) is 0.749. The third-order valence-electron chi connectivity index (χ3n) is 7.40. The van der Waals surface area contributed by atoms with E-state index in [4.69, 9.17) is 16.3 Å². The number of carbonyl (C=O) groups excluding carboxylic acids is 1. The second kappa shape index (κ2) is 12.0. The zero-order valence-electron chi connectivity index (χ0n) is 23.1.